The third-order valence-electron chi connectivity index (χ3n) is 3.70. The molecule has 2 aliphatic heterocycles. The lowest BCUT2D eigenvalue weighted by Crippen LogP contribution is -2.35. The van der Waals surface area contributed by atoms with Crippen molar-refractivity contribution >= 4 is 18.3 Å². The maximum Gasteiger partial charge on any atom is 0.236 e. The Morgan fingerprint density at radius 2 is 2.15 bits per heavy atom. The van der Waals surface area contributed by atoms with Crippen molar-refractivity contribution in [2.45, 2.75) is 18.9 Å². The smallest absolute Gasteiger partial charge is 0.236 e. The zero-order valence-corrected chi connectivity index (χ0v) is 12.0. The van der Waals surface area contributed by atoms with Gasteiger partial charge in [0.1, 0.15) is 13.2 Å². The molecule has 0 aromatic heterocycles. The first kappa shape index (κ1) is 14.9. The van der Waals surface area contributed by atoms with Gasteiger partial charge in [0.15, 0.2) is 11.5 Å². The highest BCUT2D eigenvalue weighted by atomic mass is 35.5. The van der Waals surface area contributed by atoms with Gasteiger partial charge in [-0.15, -0.1) is 12.4 Å². The highest BCUT2D eigenvalue weighted by Gasteiger charge is 2.32. The molecule has 0 bridgehead atoms. The molecule has 1 aromatic carbocycles. The third kappa shape index (κ3) is 2.55. The predicted octanol–water partition coefficient (Wildman–Crippen LogP) is 1.50. The number of para-hydroxylation sites is 1. The summed E-state index contributed by atoms with van der Waals surface area (Å²) in [6, 6.07) is 5.93. The third-order valence-corrected chi connectivity index (χ3v) is 3.70. The first-order valence-corrected chi connectivity index (χ1v) is 6.69. The first-order chi connectivity index (χ1) is 9.31. The number of nitrogens with zero attached hydrogens (tertiary/aromatic N) is 1. The van der Waals surface area contributed by atoms with Gasteiger partial charge in [0.2, 0.25) is 5.91 Å². The second-order valence-corrected chi connectivity index (χ2v) is 4.82. The van der Waals surface area contributed by atoms with Crippen LogP contribution in [0.2, 0.25) is 0 Å². The van der Waals surface area contributed by atoms with Crippen LogP contribution in [0.5, 0.6) is 11.5 Å². The van der Waals surface area contributed by atoms with E-state index in [4.69, 9.17) is 15.2 Å². The number of amides is 1. The summed E-state index contributed by atoms with van der Waals surface area (Å²) in [7, 11) is 0. The molecule has 6 heteroatoms. The van der Waals surface area contributed by atoms with E-state index in [1.807, 2.05) is 23.1 Å². The molecule has 1 atom stereocenters. The summed E-state index contributed by atoms with van der Waals surface area (Å²) >= 11 is 0. The first-order valence-electron chi connectivity index (χ1n) is 6.69. The lowest BCUT2D eigenvalue weighted by atomic mass is 10.0. The largest absolute Gasteiger partial charge is 0.486 e. The lowest BCUT2D eigenvalue weighted by molar-refractivity contribution is -0.130. The zero-order chi connectivity index (χ0) is 13.2. The standard InChI is InChI=1S/C14H18N2O3.ClH/c15-9-13(17)16-6-2-4-11(16)10-3-1-5-12-14(10)19-8-7-18-12;/h1,3,5,11H,2,4,6-9,15H2;1H. The molecule has 2 heterocycles. The van der Waals surface area contributed by atoms with E-state index in [0.717, 1.165) is 36.4 Å². The van der Waals surface area contributed by atoms with Crippen LogP contribution in [0, 0.1) is 0 Å². The number of benzene rings is 1. The molecule has 20 heavy (non-hydrogen) atoms. The van der Waals surface area contributed by atoms with Crippen LogP contribution in [0.15, 0.2) is 18.2 Å². The topological polar surface area (TPSA) is 64.8 Å². The monoisotopic (exact) mass is 298 g/mol. The second-order valence-electron chi connectivity index (χ2n) is 4.82. The number of halogens is 1. The van der Waals surface area contributed by atoms with E-state index in [1.54, 1.807) is 0 Å². The lowest BCUT2D eigenvalue weighted by Gasteiger charge is -2.28. The number of fused-ring (bicyclic) bond motifs is 1. The average Bonchev–Trinajstić information content (AvgIpc) is 2.95. The Morgan fingerprint density at radius 3 is 2.95 bits per heavy atom. The van der Waals surface area contributed by atoms with E-state index < -0.39 is 0 Å². The quantitative estimate of drug-likeness (QED) is 0.899. The van der Waals surface area contributed by atoms with Gasteiger partial charge in [-0.1, -0.05) is 12.1 Å². The molecule has 1 amide bonds. The van der Waals surface area contributed by atoms with Gasteiger partial charge in [-0.25, -0.2) is 0 Å². The Bertz CT molecular complexity index is 495. The summed E-state index contributed by atoms with van der Waals surface area (Å²) in [6.45, 7) is 1.96. The highest BCUT2D eigenvalue weighted by molar-refractivity contribution is 5.85. The van der Waals surface area contributed by atoms with Gasteiger partial charge in [-0.05, 0) is 18.9 Å². The number of hydrogen-bond donors (Lipinski definition) is 1. The van der Waals surface area contributed by atoms with E-state index in [0.29, 0.717) is 13.2 Å². The second kappa shape index (κ2) is 6.33. The molecule has 0 radical (unpaired) electrons. The number of carbonyl (C=O) groups excluding carboxylic acids is 1. The summed E-state index contributed by atoms with van der Waals surface area (Å²) in [4.78, 5) is 13.7. The van der Waals surface area contributed by atoms with Crippen molar-refractivity contribution in [3.63, 3.8) is 0 Å². The van der Waals surface area contributed by atoms with Gasteiger partial charge in [0.25, 0.3) is 0 Å². The number of rotatable bonds is 2. The number of ether oxygens (including phenoxy) is 2. The maximum atomic E-state index is 11.9. The Kier molecular flexibility index (Phi) is 4.73. The van der Waals surface area contributed by atoms with Crippen molar-refractivity contribution in [1.29, 1.82) is 0 Å². The molecule has 2 aliphatic rings. The molecule has 3 rings (SSSR count). The Balaban J connectivity index is 0.00000147. The van der Waals surface area contributed by atoms with E-state index in [-0.39, 0.29) is 30.9 Å². The highest BCUT2D eigenvalue weighted by Crippen LogP contribution is 2.42. The molecule has 0 aliphatic carbocycles. The van der Waals surface area contributed by atoms with Gasteiger partial charge in [-0.3, -0.25) is 4.79 Å². The van der Waals surface area contributed by atoms with Crippen LogP contribution in [0.1, 0.15) is 24.4 Å². The van der Waals surface area contributed by atoms with Crippen molar-refractivity contribution in [3.8, 4) is 11.5 Å². The van der Waals surface area contributed by atoms with Crippen molar-refractivity contribution < 1.29 is 14.3 Å². The molecule has 2 N–H and O–H groups in total. The van der Waals surface area contributed by atoms with Gasteiger partial charge in [0.05, 0.1) is 12.6 Å². The minimum absolute atomic E-state index is 0. The van der Waals surface area contributed by atoms with Gasteiger partial charge < -0.3 is 20.1 Å². The van der Waals surface area contributed by atoms with Crippen LogP contribution in [-0.4, -0.2) is 37.1 Å². The van der Waals surface area contributed by atoms with Crippen LogP contribution in [0.4, 0.5) is 0 Å². The Morgan fingerprint density at radius 1 is 1.35 bits per heavy atom. The summed E-state index contributed by atoms with van der Waals surface area (Å²) in [6.07, 6.45) is 1.95. The van der Waals surface area contributed by atoms with E-state index in [1.165, 1.54) is 0 Å². The molecular formula is C14H19ClN2O3. The number of hydrogen-bond acceptors (Lipinski definition) is 4. The Hall–Kier alpha value is -1.46. The van der Waals surface area contributed by atoms with Crippen molar-refractivity contribution in [2.24, 2.45) is 5.73 Å². The van der Waals surface area contributed by atoms with E-state index in [2.05, 4.69) is 0 Å². The summed E-state index contributed by atoms with van der Waals surface area (Å²) in [5.74, 6) is 1.56. The summed E-state index contributed by atoms with van der Waals surface area (Å²) in [5.41, 5.74) is 6.52. The Labute approximate surface area is 124 Å². The number of nitrogens with two attached hydrogens (primary N) is 1. The fourth-order valence-electron chi connectivity index (χ4n) is 2.86. The molecule has 1 unspecified atom stereocenters. The summed E-state index contributed by atoms with van der Waals surface area (Å²) in [5, 5.41) is 0. The molecule has 110 valence electrons. The van der Waals surface area contributed by atoms with Gasteiger partial charge >= 0.3 is 0 Å². The van der Waals surface area contributed by atoms with Crippen LogP contribution in [-0.2, 0) is 4.79 Å². The predicted molar refractivity (Wildman–Crippen MR) is 77.4 cm³/mol. The molecule has 0 spiro atoms. The molecule has 1 aromatic rings. The van der Waals surface area contributed by atoms with Crippen molar-refractivity contribution in [2.75, 3.05) is 26.3 Å². The number of likely N-dealkylation sites (tertiary alicyclic amines) is 1. The maximum absolute atomic E-state index is 11.9. The fourth-order valence-corrected chi connectivity index (χ4v) is 2.86. The molecule has 5 nitrogen and oxygen atoms in total. The van der Waals surface area contributed by atoms with Gasteiger partial charge in [-0.2, -0.15) is 0 Å². The SMILES string of the molecule is Cl.NCC(=O)N1CCCC1c1cccc2c1OCCO2. The fraction of sp³-hybridized carbons (Fsp3) is 0.500. The average molecular weight is 299 g/mol. The van der Waals surface area contributed by atoms with E-state index >= 15 is 0 Å². The molecule has 1 saturated heterocycles. The number of carbonyl (C=O) groups is 1. The van der Waals surface area contributed by atoms with Gasteiger partial charge in [0, 0.05) is 12.1 Å². The molecule has 1 fully saturated rings. The van der Waals surface area contributed by atoms with E-state index in [9.17, 15) is 4.79 Å². The van der Waals surface area contributed by atoms with Crippen molar-refractivity contribution in [3.05, 3.63) is 23.8 Å². The minimum Gasteiger partial charge on any atom is -0.486 e. The minimum atomic E-state index is -0.00293. The normalized spacial score (nSPS) is 20.4. The van der Waals surface area contributed by atoms with Crippen LogP contribution in [0.3, 0.4) is 0 Å². The molecular weight excluding hydrogens is 280 g/mol. The van der Waals surface area contributed by atoms with Crippen molar-refractivity contribution in [1.82, 2.24) is 4.90 Å². The summed E-state index contributed by atoms with van der Waals surface area (Å²) < 4.78 is 11.3. The van der Waals surface area contributed by atoms with Crippen LogP contribution >= 0.6 is 12.4 Å². The molecule has 0 saturated carbocycles. The zero-order valence-electron chi connectivity index (χ0n) is 11.2. The van der Waals surface area contributed by atoms with Crippen LogP contribution in [0.25, 0.3) is 0 Å². The van der Waals surface area contributed by atoms with Crippen LogP contribution < -0.4 is 15.2 Å².